The molecule has 0 atom stereocenters. The summed E-state index contributed by atoms with van der Waals surface area (Å²) in [7, 11) is 0. The molecule has 2 aromatic rings. The Morgan fingerprint density at radius 2 is 2.18 bits per heavy atom. The number of amides is 1. The predicted molar refractivity (Wildman–Crippen MR) is 65.4 cm³/mol. The van der Waals surface area contributed by atoms with Gasteiger partial charge in [0.1, 0.15) is 0 Å². The molecule has 0 saturated carbocycles. The molecule has 88 valence electrons. The van der Waals surface area contributed by atoms with Gasteiger partial charge < -0.3 is 11.1 Å². The van der Waals surface area contributed by atoms with E-state index in [-0.39, 0.29) is 5.91 Å². The molecule has 1 amide bonds. The molecular weight excluding hydrogens is 216 g/mol. The summed E-state index contributed by atoms with van der Waals surface area (Å²) < 4.78 is 1.76. The lowest BCUT2D eigenvalue weighted by molar-refractivity contribution is 0.0953. The Kier molecular flexibility index (Phi) is 3.40. The van der Waals surface area contributed by atoms with Crippen LogP contribution in [0, 0.1) is 0 Å². The summed E-state index contributed by atoms with van der Waals surface area (Å²) in [6, 6.07) is 8.85. The van der Waals surface area contributed by atoms with Crippen LogP contribution in [0.5, 0.6) is 0 Å². The minimum absolute atomic E-state index is 0.157. The van der Waals surface area contributed by atoms with Gasteiger partial charge in [-0.15, -0.1) is 0 Å². The van der Waals surface area contributed by atoms with Crippen molar-refractivity contribution in [3.05, 3.63) is 48.3 Å². The molecule has 0 saturated heterocycles. The average molecular weight is 230 g/mol. The largest absolute Gasteiger partial charge is 0.398 e. The number of benzene rings is 1. The third-order valence-corrected chi connectivity index (χ3v) is 2.39. The standard InChI is InChI=1S/C12H14N4O/c13-11-5-2-1-4-10(11)12(17)14-7-9-16-8-3-6-15-16/h1-6,8H,7,9,13H2,(H,14,17). The van der Waals surface area contributed by atoms with E-state index in [1.54, 1.807) is 35.1 Å². The van der Waals surface area contributed by atoms with Crippen molar-refractivity contribution in [1.29, 1.82) is 0 Å². The Bertz CT molecular complexity index is 493. The summed E-state index contributed by atoms with van der Waals surface area (Å²) in [5.74, 6) is -0.157. The van der Waals surface area contributed by atoms with Gasteiger partial charge in [0.2, 0.25) is 0 Å². The summed E-state index contributed by atoms with van der Waals surface area (Å²) in [6.07, 6.45) is 3.56. The molecule has 1 aromatic carbocycles. The van der Waals surface area contributed by atoms with Crippen LogP contribution in [0.1, 0.15) is 10.4 Å². The summed E-state index contributed by atoms with van der Waals surface area (Å²) in [6.45, 7) is 1.17. The van der Waals surface area contributed by atoms with Gasteiger partial charge in [0.05, 0.1) is 12.1 Å². The lowest BCUT2D eigenvalue weighted by atomic mass is 10.2. The summed E-state index contributed by atoms with van der Waals surface area (Å²) in [5.41, 5.74) is 6.71. The Morgan fingerprint density at radius 1 is 1.35 bits per heavy atom. The molecule has 0 unspecified atom stereocenters. The van der Waals surface area contributed by atoms with E-state index >= 15 is 0 Å². The first-order valence-electron chi connectivity index (χ1n) is 5.37. The molecule has 2 rings (SSSR count). The summed E-state index contributed by atoms with van der Waals surface area (Å²) in [4.78, 5) is 11.8. The molecule has 1 heterocycles. The Morgan fingerprint density at radius 3 is 2.88 bits per heavy atom. The molecule has 0 bridgehead atoms. The average Bonchev–Trinajstić information content (AvgIpc) is 2.82. The zero-order valence-electron chi connectivity index (χ0n) is 9.34. The lowest BCUT2D eigenvalue weighted by Gasteiger charge is -2.07. The Hall–Kier alpha value is -2.30. The van der Waals surface area contributed by atoms with Crippen LogP contribution in [0.15, 0.2) is 42.7 Å². The van der Waals surface area contributed by atoms with Crippen LogP contribution in [0.3, 0.4) is 0 Å². The van der Waals surface area contributed by atoms with Crippen LogP contribution in [0.2, 0.25) is 0 Å². The molecule has 0 fully saturated rings. The van der Waals surface area contributed by atoms with Crippen LogP contribution in [0.25, 0.3) is 0 Å². The monoisotopic (exact) mass is 230 g/mol. The topological polar surface area (TPSA) is 72.9 Å². The second kappa shape index (κ2) is 5.16. The second-order valence-corrected chi connectivity index (χ2v) is 3.61. The molecule has 3 N–H and O–H groups in total. The van der Waals surface area contributed by atoms with Gasteiger partial charge in [-0.05, 0) is 18.2 Å². The van der Waals surface area contributed by atoms with E-state index in [9.17, 15) is 4.79 Å². The van der Waals surface area contributed by atoms with Gasteiger partial charge in [-0.2, -0.15) is 5.10 Å². The van der Waals surface area contributed by atoms with Crippen LogP contribution in [0.4, 0.5) is 5.69 Å². The number of anilines is 1. The highest BCUT2D eigenvalue weighted by atomic mass is 16.1. The summed E-state index contributed by atoms with van der Waals surface area (Å²) >= 11 is 0. The van der Waals surface area contributed by atoms with Crippen LogP contribution < -0.4 is 11.1 Å². The number of nitrogens with zero attached hydrogens (tertiary/aromatic N) is 2. The maximum absolute atomic E-state index is 11.8. The number of aromatic nitrogens is 2. The van der Waals surface area contributed by atoms with Crippen molar-refractivity contribution in [3.63, 3.8) is 0 Å². The lowest BCUT2D eigenvalue weighted by Crippen LogP contribution is -2.28. The highest BCUT2D eigenvalue weighted by Crippen LogP contribution is 2.09. The molecule has 5 heteroatoms. The number of nitrogens with one attached hydrogen (secondary N) is 1. The fourth-order valence-electron chi connectivity index (χ4n) is 1.52. The number of carbonyl (C=O) groups excluding carboxylic acids is 1. The molecule has 1 aromatic heterocycles. The zero-order valence-corrected chi connectivity index (χ0v) is 9.34. The number of para-hydroxylation sites is 1. The van der Waals surface area contributed by atoms with Crippen molar-refractivity contribution in [1.82, 2.24) is 15.1 Å². The first-order valence-corrected chi connectivity index (χ1v) is 5.37. The predicted octanol–water partition coefficient (Wildman–Crippen LogP) is 0.895. The first-order chi connectivity index (χ1) is 8.27. The fourth-order valence-corrected chi connectivity index (χ4v) is 1.52. The SMILES string of the molecule is Nc1ccccc1C(=O)NCCn1cccn1. The van der Waals surface area contributed by atoms with Crippen LogP contribution in [-0.4, -0.2) is 22.2 Å². The number of carbonyl (C=O) groups is 1. The quantitative estimate of drug-likeness (QED) is 0.766. The first kappa shape index (κ1) is 11.2. The minimum atomic E-state index is -0.157. The number of nitrogen functional groups attached to an aromatic ring is 1. The van der Waals surface area contributed by atoms with E-state index in [4.69, 9.17) is 5.73 Å². The van der Waals surface area contributed by atoms with Crippen molar-refractivity contribution in [3.8, 4) is 0 Å². The van der Waals surface area contributed by atoms with Gasteiger partial charge in [-0.3, -0.25) is 9.48 Å². The number of nitrogens with two attached hydrogens (primary N) is 1. The van der Waals surface area contributed by atoms with Gasteiger partial charge in [0, 0.05) is 24.6 Å². The van der Waals surface area contributed by atoms with Gasteiger partial charge in [-0.25, -0.2) is 0 Å². The van der Waals surface area contributed by atoms with Crippen molar-refractivity contribution in [2.24, 2.45) is 0 Å². The van der Waals surface area contributed by atoms with Crippen molar-refractivity contribution in [2.75, 3.05) is 12.3 Å². The third-order valence-electron chi connectivity index (χ3n) is 2.39. The van der Waals surface area contributed by atoms with Gasteiger partial charge in [-0.1, -0.05) is 12.1 Å². The minimum Gasteiger partial charge on any atom is -0.398 e. The highest BCUT2D eigenvalue weighted by molar-refractivity contribution is 5.98. The second-order valence-electron chi connectivity index (χ2n) is 3.61. The maximum atomic E-state index is 11.8. The molecule has 0 spiro atoms. The van der Waals surface area contributed by atoms with Gasteiger partial charge >= 0.3 is 0 Å². The third kappa shape index (κ3) is 2.84. The number of rotatable bonds is 4. The van der Waals surface area contributed by atoms with Gasteiger partial charge in [0.15, 0.2) is 0 Å². The van der Waals surface area contributed by atoms with E-state index in [1.807, 2.05) is 12.3 Å². The highest BCUT2D eigenvalue weighted by Gasteiger charge is 2.07. The molecule has 0 aliphatic carbocycles. The Labute approximate surface area is 99.2 Å². The van der Waals surface area contributed by atoms with Crippen molar-refractivity contribution < 1.29 is 4.79 Å². The maximum Gasteiger partial charge on any atom is 0.253 e. The molecule has 5 nitrogen and oxygen atoms in total. The van der Waals surface area contributed by atoms with E-state index in [0.717, 1.165) is 0 Å². The smallest absolute Gasteiger partial charge is 0.253 e. The van der Waals surface area contributed by atoms with Crippen LogP contribution >= 0.6 is 0 Å². The summed E-state index contributed by atoms with van der Waals surface area (Å²) in [5, 5.41) is 6.84. The van der Waals surface area contributed by atoms with E-state index in [0.29, 0.717) is 24.3 Å². The number of hydrogen-bond donors (Lipinski definition) is 2. The molecular formula is C12H14N4O. The molecule has 17 heavy (non-hydrogen) atoms. The normalized spacial score (nSPS) is 10.1. The zero-order chi connectivity index (χ0) is 12.1. The van der Waals surface area contributed by atoms with E-state index < -0.39 is 0 Å². The number of hydrogen-bond acceptors (Lipinski definition) is 3. The Balaban J connectivity index is 1.88. The van der Waals surface area contributed by atoms with Crippen LogP contribution in [-0.2, 0) is 6.54 Å². The fraction of sp³-hybridized carbons (Fsp3) is 0.167. The van der Waals surface area contributed by atoms with Crippen molar-refractivity contribution >= 4 is 11.6 Å². The van der Waals surface area contributed by atoms with E-state index in [2.05, 4.69) is 10.4 Å². The molecule has 0 radical (unpaired) electrons. The van der Waals surface area contributed by atoms with E-state index in [1.165, 1.54) is 0 Å². The molecule has 0 aliphatic rings. The molecule has 0 aliphatic heterocycles. The van der Waals surface area contributed by atoms with Gasteiger partial charge in [0.25, 0.3) is 5.91 Å². The van der Waals surface area contributed by atoms with Crippen molar-refractivity contribution in [2.45, 2.75) is 6.54 Å².